The SMILES string of the molecule is CNc1cc(NCCc2cccnc2)ncn1. The van der Waals surface area contributed by atoms with Gasteiger partial charge in [0.25, 0.3) is 0 Å². The molecule has 0 atom stereocenters. The van der Waals surface area contributed by atoms with Crippen molar-refractivity contribution in [2.24, 2.45) is 0 Å². The minimum absolute atomic E-state index is 0.809. The predicted octanol–water partition coefficient (Wildman–Crippen LogP) is 1.57. The van der Waals surface area contributed by atoms with E-state index in [9.17, 15) is 0 Å². The Labute approximate surface area is 100 Å². The predicted molar refractivity (Wildman–Crippen MR) is 68.0 cm³/mol. The molecule has 0 unspecified atom stereocenters. The van der Waals surface area contributed by atoms with E-state index < -0.39 is 0 Å². The van der Waals surface area contributed by atoms with Crippen molar-refractivity contribution in [1.82, 2.24) is 15.0 Å². The molecule has 2 heterocycles. The molecule has 5 heteroatoms. The first-order valence-electron chi connectivity index (χ1n) is 5.51. The topological polar surface area (TPSA) is 62.7 Å². The highest BCUT2D eigenvalue weighted by molar-refractivity contribution is 5.45. The molecule has 0 saturated heterocycles. The summed E-state index contributed by atoms with van der Waals surface area (Å²) >= 11 is 0. The van der Waals surface area contributed by atoms with Crippen molar-refractivity contribution in [3.8, 4) is 0 Å². The van der Waals surface area contributed by atoms with Gasteiger partial charge in [-0.25, -0.2) is 9.97 Å². The van der Waals surface area contributed by atoms with Crippen LogP contribution in [0.1, 0.15) is 5.56 Å². The Morgan fingerprint density at radius 1 is 1.24 bits per heavy atom. The van der Waals surface area contributed by atoms with Gasteiger partial charge in [-0.15, -0.1) is 0 Å². The van der Waals surface area contributed by atoms with Gasteiger partial charge >= 0.3 is 0 Å². The van der Waals surface area contributed by atoms with Crippen LogP contribution in [0, 0.1) is 0 Å². The Morgan fingerprint density at radius 2 is 2.12 bits per heavy atom. The lowest BCUT2D eigenvalue weighted by Crippen LogP contribution is -2.07. The molecule has 0 aliphatic heterocycles. The summed E-state index contributed by atoms with van der Waals surface area (Å²) in [5.74, 6) is 1.64. The van der Waals surface area contributed by atoms with Crippen molar-refractivity contribution < 1.29 is 0 Å². The minimum atomic E-state index is 0.809. The van der Waals surface area contributed by atoms with Crippen molar-refractivity contribution >= 4 is 11.6 Å². The van der Waals surface area contributed by atoms with Gasteiger partial charge in [0, 0.05) is 32.1 Å². The highest BCUT2D eigenvalue weighted by atomic mass is 15.0. The second-order valence-electron chi connectivity index (χ2n) is 3.58. The maximum atomic E-state index is 4.14. The lowest BCUT2D eigenvalue weighted by Gasteiger charge is -2.06. The average Bonchev–Trinajstić information content (AvgIpc) is 2.40. The number of hydrogen-bond donors (Lipinski definition) is 2. The van der Waals surface area contributed by atoms with Gasteiger partial charge in [0.1, 0.15) is 18.0 Å². The van der Waals surface area contributed by atoms with Crippen molar-refractivity contribution in [3.05, 3.63) is 42.5 Å². The van der Waals surface area contributed by atoms with Gasteiger partial charge in [-0.3, -0.25) is 4.98 Å². The molecule has 0 aliphatic rings. The van der Waals surface area contributed by atoms with Gasteiger partial charge in [0.2, 0.25) is 0 Å². The van der Waals surface area contributed by atoms with Crippen LogP contribution in [-0.2, 0) is 6.42 Å². The molecule has 0 bridgehead atoms. The molecule has 0 spiro atoms. The number of anilines is 2. The fourth-order valence-electron chi connectivity index (χ4n) is 1.47. The van der Waals surface area contributed by atoms with Crippen LogP contribution in [-0.4, -0.2) is 28.5 Å². The monoisotopic (exact) mass is 229 g/mol. The Bertz CT molecular complexity index is 457. The third-order valence-corrected chi connectivity index (χ3v) is 2.37. The van der Waals surface area contributed by atoms with Gasteiger partial charge in [0.15, 0.2) is 0 Å². The molecule has 0 saturated carbocycles. The molecule has 2 rings (SSSR count). The van der Waals surface area contributed by atoms with Crippen LogP contribution in [0.15, 0.2) is 36.9 Å². The first-order valence-corrected chi connectivity index (χ1v) is 5.51. The van der Waals surface area contributed by atoms with E-state index >= 15 is 0 Å². The Balaban J connectivity index is 1.86. The Morgan fingerprint density at radius 3 is 2.88 bits per heavy atom. The maximum absolute atomic E-state index is 4.14. The quantitative estimate of drug-likeness (QED) is 0.814. The molecule has 0 amide bonds. The number of nitrogens with one attached hydrogen (secondary N) is 2. The van der Waals surface area contributed by atoms with E-state index in [1.165, 1.54) is 11.9 Å². The van der Waals surface area contributed by atoms with Gasteiger partial charge in [0.05, 0.1) is 0 Å². The number of hydrogen-bond acceptors (Lipinski definition) is 5. The molecule has 0 fully saturated rings. The highest BCUT2D eigenvalue weighted by Gasteiger charge is 1.97. The number of nitrogens with zero attached hydrogens (tertiary/aromatic N) is 3. The van der Waals surface area contributed by atoms with E-state index in [4.69, 9.17) is 0 Å². The molecule has 0 radical (unpaired) electrons. The van der Waals surface area contributed by atoms with Crippen LogP contribution in [0.3, 0.4) is 0 Å². The number of rotatable bonds is 5. The zero-order valence-corrected chi connectivity index (χ0v) is 9.72. The summed E-state index contributed by atoms with van der Waals surface area (Å²) < 4.78 is 0. The van der Waals surface area contributed by atoms with Crippen molar-refractivity contribution in [3.63, 3.8) is 0 Å². The van der Waals surface area contributed by atoms with Crippen LogP contribution in [0.4, 0.5) is 11.6 Å². The average molecular weight is 229 g/mol. The van der Waals surface area contributed by atoms with E-state index in [0.717, 1.165) is 24.6 Å². The van der Waals surface area contributed by atoms with E-state index in [0.29, 0.717) is 0 Å². The summed E-state index contributed by atoms with van der Waals surface area (Å²) in [4.78, 5) is 12.3. The van der Waals surface area contributed by atoms with E-state index in [1.54, 1.807) is 6.20 Å². The molecular weight excluding hydrogens is 214 g/mol. The number of pyridine rings is 1. The highest BCUT2D eigenvalue weighted by Crippen LogP contribution is 2.07. The van der Waals surface area contributed by atoms with Crippen LogP contribution < -0.4 is 10.6 Å². The first kappa shape index (κ1) is 11.3. The summed E-state index contributed by atoms with van der Waals surface area (Å²) in [7, 11) is 1.84. The van der Waals surface area contributed by atoms with Gasteiger partial charge < -0.3 is 10.6 Å². The second-order valence-corrected chi connectivity index (χ2v) is 3.58. The zero-order chi connectivity index (χ0) is 11.9. The molecule has 0 aromatic carbocycles. The Hall–Kier alpha value is -2.17. The summed E-state index contributed by atoms with van der Waals surface area (Å²) in [5.41, 5.74) is 1.21. The summed E-state index contributed by atoms with van der Waals surface area (Å²) in [5, 5.41) is 6.22. The second kappa shape index (κ2) is 5.79. The minimum Gasteiger partial charge on any atom is -0.373 e. The van der Waals surface area contributed by atoms with Gasteiger partial charge in [-0.1, -0.05) is 6.07 Å². The fourth-order valence-corrected chi connectivity index (χ4v) is 1.47. The summed E-state index contributed by atoms with van der Waals surface area (Å²) in [6.45, 7) is 0.825. The molecule has 88 valence electrons. The van der Waals surface area contributed by atoms with E-state index in [-0.39, 0.29) is 0 Å². The summed E-state index contributed by atoms with van der Waals surface area (Å²) in [6, 6.07) is 5.88. The third kappa shape index (κ3) is 3.41. The summed E-state index contributed by atoms with van der Waals surface area (Å²) in [6.07, 6.45) is 6.12. The molecule has 2 aromatic heterocycles. The van der Waals surface area contributed by atoms with Crippen molar-refractivity contribution in [2.45, 2.75) is 6.42 Å². The standard InChI is InChI=1S/C12H15N5/c1-13-11-7-12(17-9-16-11)15-6-4-10-3-2-5-14-8-10/h2-3,5,7-9H,4,6H2,1H3,(H2,13,15,16,17). The molecule has 17 heavy (non-hydrogen) atoms. The zero-order valence-electron chi connectivity index (χ0n) is 9.72. The van der Waals surface area contributed by atoms with E-state index in [2.05, 4.69) is 31.7 Å². The van der Waals surface area contributed by atoms with Crippen LogP contribution in [0.2, 0.25) is 0 Å². The number of aromatic nitrogens is 3. The smallest absolute Gasteiger partial charge is 0.131 e. The molecule has 5 nitrogen and oxygen atoms in total. The molecule has 2 N–H and O–H groups in total. The maximum Gasteiger partial charge on any atom is 0.131 e. The van der Waals surface area contributed by atoms with E-state index in [1.807, 2.05) is 25.4 Å². The lowest BCUT2D eigenvalue weighted by molar-refractivity contribution is 0.988. The molecule has 0 aliphatic carbocycles. The van der Waals surface area contributed by atoms with Crippen LogP contribution >= 0.6 is 0 Å². The van der Waals surface area contributed by atoms with Crippen molar-refractivity contribution in [1.29, 1.82) is 0 Å². The molecular formula is C12H15N5. The largest absolute Gasteiger partial charge is 0.373 e. The first-order chi connectivity index (χ1) is 8.38. The third-order valence-electron chi connectivity index (χ3n) is 2.37. The van der Waals surface area contributed by atoms with Gasteiger partial charge in [-0.05, 0) is 18.1 Å². The Kier molecular flexibility index (Phi) is 3.85. The van der Waals surface area contributed by atoms with Crippen LogP contribution in [0.25, 0.3) is 0 Å². The van der Waals surface area contributed by atoms with Crippen molar-refractivity contribution in [2.75, 3.05) is 24.2 Å². The van der Waals surface area contributed by atoms with Crippen LogP contribution in [0.5, 0.6) is 0 Å². The normalized spacial score (nSPS) is 9.94. The lowest BCUT2D eigenvalue weighted by atomic mass is 10.2. The molecule has 2 aromatic rings. The van der Waals surface area contributed by atoms with Gasteiger partial charge in [-0.2, -0.15) is 0 Å². The fraction of sp³-hybridized carbons (Fsp3) is 0.250.